The number of unbranched alkanes of at least 4 members (excludes halogenated alkanes) is 1. The van der Waals surface area contributed by atoms with Crippen molar-refractivity contribution in [2.75, 3.05) is 0 Å². The molecule has 0 radical (unpaired) electrons. The van der Waals surface area contributed by atoms with Crippen LogP contribution in [0.5, 0.6) is 0 Å². The van der Waals surface area contributed by atoms with E-state index in [2.05, 4.69) is 68.3 Å². The summed E-state index contributed by atoms with van der Waals surface area (Å²) in [7, 11) is 0. The molecule has 0 heterocycles. The second-order valence-corrected chi connectivity index (χ2v) is 5.18. The van der Waals surface area contributed by atoms with Gasteiger partial charge in [-0.15, -0.1) is 0 Å². The van der Waals surface area contributed by atoms with Gasteiger partial charge in [0.05, 0.1) is 0 Å². The summed E-state index contributed by atoms with van der Waals surface area (Å²) in [5.41, 5.74) is 4.30. The molecule has 0 fully saturated rings. The van der Waals surface area contributed by atoms with Crippen LogP contribution in [0.25, 0.3) is 0 Å². The topological polar surface area (TPSA) is 12.4 Å². The predicted octanol–water partition coefficient (Wildman–Crippen LogP) is 4.13. The molecule has 0 aromatic heterocycles. The molecule has 104 valence electrons. The standard InChI is InChI=1S/C19H17NSe/c1-2-3-4-16-5-7-17(8-6-16)9-10-18-11-13-19(14-12-18)20-15-21/h5-8,11-14H,2-4H2,1H3. The first-order chi connectivity index (χ1) is 10.3. The normalized spacial score (nSPS) is 9.38. The van der Waals surface area contributed by atoms with Crippen LogP contribution in [0.15, 0.2) is 53.5 Å². The Balaban J connectivity index is 2.06. The summed E-state index contributed by atoms with van der Waals surface area (Å²) >= 11 is 2.62. The van der Waals surface area contributed by atoms with Crippen molar-refractivity contribution in [3.05, 3.63) is 65.2 Å². The van der Waals surface area contributed by atoms with Crippen LogP contribution in [0.1, 0.15) is 36.5 Å². The second kappa shape index (κ2) is 8.40. The first-order valence-corrected chi connectivity index (χ1v) is 7.96. The van der Waals surface area contributed by atoms with E-state index in [9.17, 15) is 0 Å². The van der Waals surface area contributed by atoms with Crippen LogP contribution in [0.4, 0.5) is 5.69 Å². The molecule has 0 amide bonds. The summed E-state index contributed by atoms with van der Waals surface area (Å²) in [6.07, 6.45) is 3.63. The summed E-state index contributed by atoms with van der Waals surface area (Å²) in [5.74, 6) is 6.37. The van der Waals surface area contributed by atoms with Crippen LogP contribution in [0.2, 0.25) is 0 Å². The Bertz CT molecular complexity index is 681. The van der Waals surface area contributed by atoms with Crippen molar-refractivity contribution < 1.29 is 0 Å². The number of rotatable bonds is 4. The van der Waals surface area contributed by atoms with Crippen molar-refractivity contribution in [3.63, 3.8) is 0 Å². The molecular weight excluding hydrogens is 321 g/mol. The van der Waals surface area contributed by atoms with Crippen molar-refractivity contribution >= 4 is 26.0 Å². The van der Waals surface area contributed by atoms with E-state index < -0.39 is 0 Å². The van der Waals surface area contributed by atoms with Gasteiger partial charge >= 0.3 is 108 Å². The molecule has 21 heavy (non-hydrogen) atoms. The van der Waals surface area contributed by atoms with Gasteiger partial charge in [-0.05, 0) is 12.8 Å². The summed E-state index contributed by atoms with van der Waals surface area (Å²) in [4.78, 5) is 4.05. The molecule has 2 heteroatoms. The molecule has 0 N–H and O–H groups in total. The molecule has 0 spiro atoms. The zero-order valence-electron chi connectivity index (χ0n) is 12.1. The van der Waals surface area contributed by atoms with Crippen LogP contribution in [0, 0.1) is 11.8 Å². The molecule has 0 atom stereocenters. The van der Waals surface area contributed by atoms with Gasteiger partial charge in [0, 0.05) is 0 Å². The minimum absolute atomic E-state index is 0.875. The van der Waals surface area contributed by atoms with Gasteiger partial charge in [0.1, 0.15) is 0 Å². The summed E-state index contributed by atoms with van der Waals surface area (Å²) < 4.78 is 2.64. The van der Waals surface area contributed by atoms with Gasteiger partial charge in [-0.2, -0.15) is 0 Å². The maximum absolute atomic E-state index is 4.05. The van der Waals surface area contributed by atoms with Crippen molar-refractivity contribution in [2.45, 2.75) is 26.2 Å². The van der Waals surface area contributed by atoms with Crippen LogP contribution in [0.3, 0.4) is 0 Å². The molecule has 0 unspecified atom stereocenters. The Kier molecular flexibility index (Phi) is 6.20. The molecule has 0 aliphatic rings. The van der Waals surface area contributed by atoms with Gasteiger partial charge in [-0.3, -0.25) is 0 Å². The van der Waals surface area contributed by atoms with E-state index in [0.717, 1.165) is 23.2 Å². The molecule has 0 saturated heterocycles. The van der Waals surface area contributed by atoms with E-state index in [4.69, 9.17) is 0 Å². The first kappa shape index (κ1) is 15.5. The van der Waals surface area contributed by atoms with Gasteiger partial charge in [-0.25, -0.2) is 0 Å². The average molecular weight is 338 g/mol. The van der Waals surface area contributed by atoms with E-state index in [1.807, 2.05) is 24.3 Å². The van der Waals surface area contributed by atoms with Crippen LogP contribution >= 0.6 is 0 Å². The summed E-state index contributed by atoms with van der Waals surface area (Å²) in [6, 6.07) is 16.3. The fourth-order valence-electron chi connectivity index (χ4n) is 1.95. The van der Waals surface area contributed by atoms with Crippen molar-refractivity contribution in [1.29, 1.82) is 0 Å². The molecule has 0 bridgehead atoms. The Hall–Kier alpha value is -1.90. The summed E-state index contributed by atoms with van der Waals surface area (Å²) in [5, 5.41) is 0. The van der Waals surface area contributed by atoms with E-state index >= 15 is 0 Å². The van der Waals surface area contributed by atoms with Crippen LogP contribution < -0.4 is 0 Å². The Labute approximate surface area is 134 Å². The van der Waals surface area contributed by atoms with Gasteiger partial charge in [0.25, 0.3) is 0 Å². The van der Waals surface area contributed by atoms with Gasteiger partial charge in [-0.1, -0.05) is 13.3 Å². The fraction of sp³-hybridized carbons (Fsp3) is 0.211. The van der Waals surface area contributed by atoms with Crippen molar-refractivity contribution in [2.24, 2.45) is 4.99 Å². The number of aliphatic imine (C=N–C) groups is 1. The Morgan fingerprint density at radius 3 is 2.00 bits per heavy atom. The quantitative estimate of drug-likeness (QED) is 0.451. The number of nitrogens with zero attached hydrogens (tertiary/aromatic N) is 1. The molecule has 0 saturated carbocycles. The van der Waals surface area contributed by atoms with Gasteiger partial charge in [0.15, 0.2) is 0 Å². The zero-order valence-corrected chi connectivity index (χ0v) is 13.8. The van der Waals surface area contributed by atoms with Crippen LogP contribution in [-0.4, -0.2) is 20.3 Å². The summed E-state index contributed by atoms with van der Waals surface area (Å²) in [6.45, 7) is 2.22. The Morgan fingerprint density at radius 1 is 0.905 bits per heavy atom. The average Bonchev–Trinajstić information content (AvgIpc) is 2.53. The molecule has 2 rings (SSSR count). The number of benzene rings is 2. The van der Waals surface area contributed by atoms with E-state index in [0.29, 0.717) is 0 Å². The molecular formula is C19H17NSe. The van der Waals surface area contributed by atoms with E-state index in [1.54, 1.807) is 0 Å². The SMILES string of the molecule is CCCCc1ccc(C#Cc2ccc(N=C=[Se])cc2)cc1. The third-order valence-electron chi connectivity index (χ3n) is 3.17. The second-order valence-electron chi connectivity index (χ2n) is 4.80. The third kappa shape index (κ3) is 5.18. The molecule has 0 aliphatic heterocycles. The number of hydrogen-bond acceptors (Lipinski definition) is 1. The van der Waals surface area contributed by atoms with E-state index in [1.165, 1.54) is 18.4 Å². The molecule has 0 aliphatic carbocycles. The predicted molar refractivity (Wildman–Crippen MR) is 90.3 cm³/mol. The van der Waals surface area contributed by atoms with Crippen molar-refractivity contribution in [1.82, 2.24) is 0 Å². The molecule has 1 nitrogen and oxygen atoms in total. The van der Waals surface area contributed by atoms with Crippen LogP contribution in [-0.2, 0) is 6.42 Å². The number of hydrogen-bond donors (Lipinski definition) is 0. The number of aryl methyl sites for hydroxylation is 1. The third-order valence-corrected chi connectivity index (χ3v) is 3.36. The first-order valence-electron chi connectivity index (χ1n) is 7.10. The zero-order chi connectivity index (χ0) is 14.9. The van der Waals surface area contributed by atoms with Gasteiger partial charge < -0.3 is 0 Å². The fourth-order valence-corrected chi connectivity index (χ4v) is 2.17. The minimum atomic E-state index is 0.875. The van der Waals surface area contributed by atoms with E-state index in [-0.39, 0.29) is 0 Å². The Morgan fingerprint density at radius 2 is 1.48 bits per heavy atom. The molecule has 2 aromatic rings. The molecule has 2 aromatic carbocycles. The maximum atomic E-state index is 4.05. The van der Waals surface area contributed by atoms with Gasteiger partial charge in [0.2, 0.25) is 0 Å². The van der Waals surface area contributed by atoms with Crippen molar-refractivity contribution in [3.8, 4) is 11.8 Å². The monoisotopic (exact) mass is 339 g/mol.